The van der Waals surface area contributed by atoms with E-state index < -0.39 is 0 Å². The zero-order valence-electron chi connectivity index (χ0n) is 10.9. The molecule has 88 valence electrons. The van der Waals surface area contributed by atoms with Crippen LogP contribution in [0.15, 0.2) is 12.2 Å². The minimum Gasteiger partial charge on any atom is -0.351 e. The maximum Gasteiger partial charge on any atom is 0.224 e. The van der Waals surface area contributed by atoms with E-state index in [9.17, 15) is 4.79 Å². The van der Waals surface area contributed by atoms with E-state index >= 15 is 0 Å². The van der Waals surface area contributed by atoms with E-state index in [1.165, 1.54) is 0 Å². The van der Waals surface area contributed by atoms with Crippen molar-refractivity contribution in [3.05, 3.63) is 12.2 Å². The lowest BCUT2D eigenvalue weighted by Crippen LogP contribution is -2.44. The fraction of sp³-hybridized carbons (Fsp3) is 0.769. The standard InChI is InChI=1S/C13H25NO/c1-7-8-9-11(10(2)3)12(15)14-13(4,5)6/h7-8,10-11H,9H2,1-6H3,(H,14,15)/b8-7+. The van der Waals surface area contributed by atoms with Crippen LogP contribution >= 0.6 is 0 Å². The van der Waals surface area contributed by atoms with Crippen molar-refractivity contribution in [2.45, 2.75) is 53.5 Å². The van der Waals surface area contributed by atoms with Gasteiger partial charge >= 0.3 is 0 Å². The van der Waals surface area contributed by atoms with Crippen LogP contribution < -0.4 is 5.32 Å². The van der Waals surface area contributed by atoms with Crippen LogP contribution in [-0.4, -0.2) is 11.4 Å². The van der Waals surface area contributed by atoms with Gasteiger partial charge in [0.1, 0.15) is 0 Å². The SMILES string of the molecule is C/C=C/CC(C(=O)NC(C)(C)C)C(C)C. The van der Waals surface area contributed by atoms with Crippen molar-refractivity contribution in [1.29, 1.82) is 0 Å². The van der Waals surface area contributed by atoms with Gasteiger partial charge in [0.15, 0.2) is 0 Å². The molecule has 2 heteroatoms. The molecule has 0 aliphatic heterocycles. The van der Waals surface area contributed by atoms with Gasteiger partial charge in [-0.2, -0.15) is 0 Å². The lowest BCUT2D eigenvalue weighted by atomic mass is 9.90. The van der Waals surface area contributed by atoms with Crippen LogP contribution in [0, 0.1) is 11.8 Å². The third-order valence-electron chi connectivity index (χ3n) is 2.27. The Morgan fingerprint density at radius 1 is 1.33 bits per heavy atom. The molecule has 0 saturated carbocycles. The maximum absolute atomic E-state index is 12.0. The molecular formula is C13H25NO. The summed E-state index contributed by atoms with van der Waals surface area (Å²) in [6, 6.07) is 0. The molecule has 1 N–H and O–H groups in total. The molecule has 0 rings (SSSR count). The molecule has 15 heavy (non-hydrogen) atoms. The van der Waals surface area contributed by atoms with Gasteiger partial charge in [0.25, 0.3) is 0 Å². The molecule has 0 aromatic heterocycles. The number of allylic oxidation sites excluding steroid dienone is 2. The summed E-state index contributed by atoms with van der Waals surface area (Å²) in [5, 5.41) is 3.04. The van der Waals surface area contributed by atoms with E-state index in [-0.39, 0.29) is 17.4 Å². The normalized spacial score (nSPS) is 14.6. The summed E-state index contributed by atoms with van der Waals surface area (Å²) in [5.41, 5.74) is -0.139. The van der Waals surface area contributed by atoms with Crippen LogP contribution in [-0.2, 0) is 4.79 Å². The summed E-state index contributed by atoms with van der Waals surface area (Å²) in [4.78, 5) is 12.0. The van der Waals surface area contributed by atoms with Crippen molar-refractivity contribution in [3.8, 4) is 0 Å². The number of hydrogen-bond acceptors (Lipinski definition) is 1. The lowest BCUT2D eigenvalue weighted by Gasteiger charge is -2.26. The summed E-state index contributed by atoms with van der Waals surface area (Å²) >= 11 is 0. The Morgan fingerprint density at radius 3 is 2.20 bits per heavy atom. The summed E-state index contributed by atoms with van der Waals surface area (Å²) in [7, 11) is 0. The highest BCUT2D eigenvalue weighted by atomic mass is 16.2. The Kier molecular flexibility index (Phi) is 5.63. The van der Waals surface area contributed by atoms with Gasteiger partial charge in [-0.1, -0.05) is 26.0 Å². The van der Waals surface area contributed by atoms with Gasteiger partial charge in [-0.15, -0.1) is 0 Å². The van der Waals surface area contributed by atoms with E-state index in [1.54, 1.807) is 0 Å². The molecule has 1 amide bonds. The van der Waals surface area contributed by atoms with Gasteiger partial charge in [0, 0.05) is 11.5 Å². The molecule has 0 aromatic carbocycles. The Hall–Kier alpha value is -0.790. The second kappa shape index (κ2) is 5.94. The first-order valence-corrected chi connectivity index (χ1v) is 5.71. The zero-order valence-corrected chi connectivity index (χ0v) is 10.9. The summed E-state index contributed by atoms with van der Waals surface area (Å²) in [6.45, 7) is 12.2. The molecule has 0 fully saturated rings. The molecule has 0 bridgehead atoms. The fourth-order valence-electron chi connectivity index (χ4n) is 1.43. The van der Waals surface area contributed by atoms with Crippen molar-refractivity contribution in [3.63, 3.8) is 0 Å². The average molecular weight is 211 g/mol. The largest absolute Gasteiger partial charge is 0.351 e. The van der Waals surface area contributed by atoms with Gasteiger partial charge < -0.3 is 5.32 Å². The molecule has 0 spiro atoms. The minimum absolute atomic E-state index is 0.0837. The van der Waals surface area contributed by atoms with Crippen molar-refractivity contribution in [1.82, 2.24) is 5.32 Å². The van der Waals surface area contributed by atoms with Crippen LogP contribution in [0.1, 0.15) is 48.0 Å². The van der Waals surface area contributed by atoms with E-state index in [0.29, 0.717) is 5.92 Å². The lowest BCUT2D eigenvalue weighted by molar-refractivity contribution is -0.127. The fourth-order valence-corrected chi connectivity index (χ4v) is 1.43. The predicted octanol–water partition coefficient (Wildman–Crippen LogP) is 3.14. The van der Waals surface area contributed by atoms with E-state index in [4.69, 9.17) is 0 Å². The topological polar surface area (TPSA) is 29.1 Å². The summed E-state index contributed by atoms with van der Waals surface area (Å²) < 4.78 is 0. The van der Waals surface area contributed by atoms with Crippen LogP contribution in [0.4, 0.5) is 0 Å². The van der Waals surface area contributed by atoms with Crippen molar-refractivity contribution >= 4 is 5.91 Å². The molecule has 1 unspecified atom stereocenters. The Morgan fingerprint density at radius 2 is 1.87 bits per heavy atom. The number of carbonyl (C=O) groups is 1. The third kappa shape index (κ3) is 6.32. The molecule has 0 aromatic rings. The molecule has 2 nitrogen and oxygen atoms in total. The Labute approximate surface area is 94.1 Å². The van der Waals surface area contributed by atoms with Crippen LogP contribution in [0.25, 0.3) is 0 Å². The third-order valence-corrected chi connectivity index (χ3v) is 2.27. The monoisotopic (exact) mass is 211 g/mol. The first-order valence-electron chi connectivity index (χ1n) is 5.71. The predicted molar refractivity (Wildman–Crippen MR) is 65.7 cm³/mol. The molecule has 0 radical (unpaired) electrons. The summed E-state index contributed by atoms with van der Waals surface area (Å²) in [5.74, 6) is 0.625. The number of hydrogen-bond donors (Lipinski definition) is 1. The quantitative estimate of drug-likeness (QED) is 0.711. The van der Waals surface area contributed by atoms with Crippen LogP contribution in [0.5, 0.6) is 0 Å². The summed E-state index contributed by atoms with van der Waals surface area (Å²) in [6.07, 6.45) is 4.89. The van der Waals surface area contributed by atoms with Crippen LogP contribution in [0.3, 0.4) is 0 Å². The second-order valence-electron chi connectivity index (χ2n) is 5.39. The van der Waals surface area contributed by atoms with E-state index in [1.807, 2.05) is 33.8 Å². The molecule has 0 heterocycles. The second-order valence-corrected chi connectivity index (χ2v) is 5.39. The highest BCUT2D eigenvalue weighted by molar-refractivity contribution is 5.79. The number of nitrogens with one attached hydrogen (secondary N) is 1. The van der Waals surface area contributed by atoms with E-state index in [0.717, 1.165) is 6.42 Å². The number of amides is 1. The number of rotatable bonds is 4. The number of carbonyl (C=O) groups excluding carboxylic acids is 1. The average Bonchev–Trinajstić information content (AvgIpc) is 2.00. The molecule has 1 atom stereocenters. The highest BCUT2D eigenvalue weighted by Gasteiger charge is 2.24. The Bertz CT molecular complexity index is 223. The highest BCUT2D eigenvalue weighted by Crippen LogP contribution is 2.17. The smallest absolute Gasteiger partial charge is 0.224 e. The minimum atomic E-state index is -0.139. The van der Waals surface area contributed by atoms with Crippen molar-refractivity contribution in [2.24, 2.45) is 11.8 Å². The van der Waals surface area contributed by atoms with Crippen molar-refractivity contribution in [2.75, 3.05) is 0 Å². The van der Waals surface area contributed by atoms with Crippen molar-refractivity contribution < 1.29 is 4.79 Å². The van der Waals surface area contributed by atoms with Gasteiger partial charge in [0.05, 0.1) is 0 Å². The Balaban J connectivity index is 4.43. The molecule has 0 saturated heterocycles. The van der Waals surface area contributed by atoms with Crippen LogP contribution in [0.2, 0.25) is 0 Å². The van der Waals surface area contributed by atoms with E-state index in [2.05, 4.69) is 25.2 Å². The first kappa shape index (κ1) is 14.2. The van der Waals surface area contributed by atoms with Gasteiger partial charge in [-0.05, 0) is 40.0 Å². The first-order chi connectivity index (χ1) is 6.78. The van der Waals surface area contributed by atoms with Gasteiger partial charge in [0.2, 0.25) is 5.91 Å². The molecular weight excluding hydrogens is 186 g/mol. The molecule has 0 aliphatic carbocycles. The molecule has 0 aliphatic rings. The maximum atomic E-state index is 12.0. The zero-order chi connectivity index (χ0) is 12.1. The van der Waals surface area contributed by atoms with Gasteiger partial charge in [-0.3, -0.25) is 4.79 Å². The van der Waals surface area contributed by atoms with Gasteiger partial charge in [-0.25, -0.2) is 0 Å².